The Hall–Kier alpha value is -3.89. The smallest absolute Gasteiger partial charge is 0.337 e. The van der Waals surface area contributed by atoms with Crippen LogP contribution in [-0.4, -0.2) is 42.9 Å². The van der Waals surface area contributed by atoms with Crippen molar-refractivity contribution in [3.63, 3.8) is 0 Å². The third kappa shape index (κ3) is 3.17. The largest absolute Gasteiger partial charge is 0.467 e. The molecule has 1 unspecified atom stereocenters. The van der Waals surface area contributed by atoms with Gasteiger partial charge in [-0.2, -0.15) is 5.26 Å². The number of carbonyl (C=O) groups excluding carboxylic acids is 3. The molecule has 1 heterocycles. The lowest BCUT2D eigenvalue weighted by Gasteiger charge is -2.36. The first-order valence-electron chi connectivity index (χ1n) is 9.63. The normalized spacial score (nSPS) is 17.0. The van der Waals surface area contributed by atoms with Crippen molar-refractivity contribution in [1.29, 1.82) is 5.26 Å². The number of hydrogen-bond donors (Lipinski definition) is 0. The Morgan fingerprint density at radius 2 is 1.69 bits per heavy atom. The van der Waals surface area contributed by atoms with E-state index in [0.29, 0.717) is 21.7 Å². The number of esters is 2. The summed E-state index contributed by atoms with van der Waals surface area (Å²) in [6, 6.07) is 14.4. The molecule has 0 saturated heterocycles. The van der Waals surface area contributed by atoms with Gasteiger partial charge >= 0.3 is 11.9 Å². The van der Waals surface area contributed by atoms with Gasteiger partial charge in [0.15, 0.2) is 11.8 Å². The number of nitriles is 1. The summed E-state index contributed by atoms with van der Waals surface area (Å²) >= 11 is 6.32. The van der Waals surface area contributed by atoms with Crippen molar-refractivity contribution in [2.24, 2.45) is 0 Å². The summed E-state index contributed by atoms with van der Waals surface area (Å²) in [5.41, 5.74) is 1.60. The minimum absolute atomic E-state index is 0.0107. The van der Waals surface area contributed by atoms with Gasteiger partial charge in [0.25, 0.3) is 0 Å². The minimum Gasteiger partial charge on any atom is -0.467 e. The molecule has 0 radical (unpaired) electrons. The molecular formula is C24H17ClN2O5. The van der Waals surface area contributed by atoms with E-state index in [1.807, 2.05) is 0 Å². The predicted octanol–water partition coefficient (Wildman–Crippen LogP) is 3.30. The molecule has 160 valence electrons. The molecule has 2 aromatic carbocycles. The number of halogens is 1. The molecule has 0 aromatic heterocycles. The Labute approximate surface area is 189 Å². The Kier molecular flexibility index (Phi) is 5.56. The molecule has 32 heavy (non-hydrogen) atoms. The molecule has 4 rings (SSSR count). The van der Waals surface area contributed by atoms with E-state index < -0.39 is 23.8 Å². The van der Waals surface area contributed by atoms with Gasteiger partial charge in [0.05, 0.1) is 25.4 Å². The SMILES string of the molecule is COC(=O)C1=C2C(=C(C#N)N(Cc3ccccc3Cl)C1C(=O)OC)C(=O)c1ccccc12. The van der Waals surface area contributed by atoms with E-state index in [2.05, 4.69) is 6.07 Å². The summed E-state index contributed by atoms with van der Waals surface area (Å²) in [7, 11) is 2.38. The van der Waals surface area contributed by atoms with Crippen LogP contribution in [-0.2, 0) is 25.6 Å². The van der Waals surface area contributed by atoms with Crippen LogP contribution >= 0.6 is 11.6 Å². The Morgan fingerprint density at radius 1 is 1.03 bits per heavy atom. The zero-order valence-corrected chi connectivity index (χ0v) is 18.0. The summed E-state index contributed by atoms with van der Waals surface area (Å²) < 4.78 is 9.99. The van der Waals surface area contributed by atoms with Gasteiger partial charge in [0, 0.05) is 22.7 Å². The van der Waals surface area contributed by atoms with E-state index in [1.54, 1.807) is 48.5 Å². The van der Waals surface area contributed by atoms with E-state index in [9.17, 15) is 19.6 Å². The Bertz CT molecular complexity index is 1270. The van der Waals surface area contributed by atoms with Crippen LogP contribution in [0.1, 0.15) is 21.5 Å². The van der Waals surface area contributed by atoms with Gasteiger partial charge in [-0.1, -0.05) is 54.1 Å². The van der Waals surface area contributed by atoms with E-state index in [-0.39, 0.29) is 29.0 Å². The average Bonchev–Trinajstić information content (AvgIpc) is 3.11. The van der Waals surface area contributed by atoms with Gasteiger partial charge in [-0.25, -0.2) is 9.59 Å². The van der Waals surface area contributed by atoms with Crippen molar-refractivity contribution in [3.8, 4) is 6.07 Å². The van der Waals surface area contributed by atoms with Crippen molar-refractivity contribution in [2.75, 3.05) is 14.2 Å². The molecule has 0 saturated carbocycles. The Balaban J connectivity index is 2.05. The van der Waals surface area contributed by atoms with Crippen LogP contribution in [0.3, 0.4) is 0 Å². The zero-order chi connectivity index (χ0) is 23.0. The number of fused-ring (bicyclic) bond motifs is 3. The number of rotatable bonds is 4. The quantitative estimate of drug-likeness (QED) is 0.662. The summed E-state index contributed by atoms with van der Waals surface area (Å²) in [5.74, 6) is -1.96. The molecular weight excluding hydrogens is 432 g/mol. The summed E-state index contributed by atoms with van der Waals surface area (Å²) in [4.78, 5) is 40.6. The minimum atomic E-state index is -1.31. The van der Waals surface area contributed by atoms with Crippen molar-refractivity contribution in [3.05, 3.63) is 87.1 Å². The van der Waals surface area contributed by atoms with Gasteiger partial charge in [0.2, 0.25) is 0 Å². The lowest BCUT2D eigenvalue weighted by atomic mass is 9.87. The first kappa shape index (κ1) is 21.3. The fraction of sp³-hybridized carbons (Fsp3) is 0.167. The van der Waals surface area contributed by atoms with Gasteiger partial charge in [-0.15, -0.1) is 0 Å². The highest BCUT2D eigenvalue weighted by atomic mass is 35.5. The first-order chi connectivity index (χ1) is 15.4. The molecule has 0 amide bonds. The number of benzene rings is 2. The van der Waals surface area contributed by atoms with E-state index >= 15 is 0 Å². The molecule has 0 N–H and O–H groups in total. The molecule has 8 heteroatoms. The van der Waals surface area contributed by atoms with E-state index in [0.717, 1.165) is 0 Å². The average molecular weight is 449 g/mol. The second-order valence-electron chi connectivity index (χ2n) is 7.14. The van der Waals surface area contributed by atoms with E-state index in [4.69, 9.17) is 21.1 Å². The number of hydrogen-bond acceptors (Lipinski definition) is 7. The monoisotopic (exact) mass is 448 g/mol. The highest BCUT2D eigenvalue weighted by Crippen LogP contribution is 2.46. The fourth-order valence-electron chi connectivity index (χ4n) is 4.13. The fourth-order valence-corrected chi connectivity index (χ4v) is 4.33. The third-order valence-electron chi connectivity index (χ3n) is 5.53. The van der Waals surface area contributed by atoms with Gasteiger partial charge < -0.3 is 14.4 Å². The number of nitrogens with zero attached hydrogens (tertiary/aromatic N) is 2. The summed E-state index contributed by atoms with van der Waals surface area (Å²) in [6.07, 6.45) is 0. The van der Waals surface area contributed by atoms with Crippen molar-refractivity contribution in [2.45, 2.75) is 12.6 Å². The molecule has 2 aromatic rings. The molecule has 0 bridgehead atoms. The maximum absolute atomic E-state index is 13.3. The molecule has 7 nitrogen and oxygen atoms in total. The standard InChI is InChI=1S/C24H17ClN2O5/c1-31-23(29)20-18-14-8-4-5-9-15(14)22(28)19(18)17(11-26)27(21(20)24(30)32-2)12-13-7-3-6-10-16(13)25/h3-10,21H,12H2,1-2H3. The number of ether oxygens (including phenoxy) is 2. The third-order valence-corrected chi connectivity index (χ3v) is 5.90. The van der Waals surface area contributed by atoms with Gasteiger partial charge in [-0.05, 0) is 17.2 Å². The second kappa shape index (κ2) is 8.33. The van der Waals surface area contributed by atoms with Gasteiger partial charge in [-0.3, -0.25) is 4.79 Å². The molecule has 1 atom stereocenters. The summed E-state index contributed by atoms with van der Waals surface area (Å²) in [5, 5.41) is 10.5. The number of Topliss-reactive ketones (excluding diaryl/α,β-unsaturated/α-hetero) is 1. The maximum atomic E-state index is 13.3. The van der Waals surface area contributed by atoms with Crippen LogP contribution < -0.4 is 0 Å². The topological polar surface area (TPSA) is 96.7 Å². The van der Waals surface area contributed by atoms with Crippen LogP contribution in [0, 0.1) is 11.3 Å². The molecule has 0 fully saturated rings. The number of carbonyl (C=O) groups is 3. The number of methoxy groups -OCH3 is 2. The van der Waals surface area contributed by atoms with Crippen LogP contribution in [0.25, 0.3) is 5.57 Å². The van der Waals surface area contributed by atoms with Crippen LogP contribution in [0.15, 0.2) is 65.4 Å². The number of ketones is 1. The van der Waals surface area contributed by atoms with Crippen LogP contribution in [0.2, 0.25) is 5.02 Å². The Morgan fingerprint density at radius 3 is 2.31 bits per heavy atom. The first-order valence-corrected chi connectivity index (χ1v) is 10.0. The van der Waals surface area contributed by atoms with Crippen LogP contribution in [0.5, 0.6) is 0 Å². The second-order valence-corrected chi connectivity index (χ2v) is 7.54. The molecule has 0 spiro atoms. The van der Waals surface area contributed by atoms with Gasteiger partial charge in [0.1, 0.15) is 11.8 Å². The van der Waals surface area contributed by atoms with Crippen LogP contribution in [0.4, 0.5) is 0 Å². The molecule has 1 aliphatic heterocycles. The molecule has 1 aliphatic carbocycles. The van der Waals surface area contributed by atoms with Crippen molar-refractivity contribution < 1.29 is 23.9 Å². The predicted molar refractivity (Wildman–Crippen MR) is 115 cm³/mol. The highest BCUT2D eigenvalue weighted by molar-refractivity contribution is 6.32. The van der Waals surface area contributed by atoms with E-state index in [1.165, 1.54) is 19.1 Å². The number of allylic oxidation sites excluding steroid dienone is 3. The molecule has 2 aliphatic rings. The maximum Gasteiger partial charge on any atom is 0.337 e. The lowest BCUT2D eigenvalue weighted by molar-refractivity contribution is -0.148. The summed E-state index contributed by atoms with van der Waals surface area (Å²) in [6.45, 7) is -0.0107. The van der Waals surface area contributed by atoms with Crippen molar-refractivity contribution in [1.82, 2.24) is 4.90 Å². The zero-order valence-electron chi connectivity index (χ0n) is 17.2. The van der Waals surface area contributed by atoms with Crippen molar-refractivity contribution >= 4 is 34.9 Å². The highest BCUT2D eigenvalue weighted by Gasteiger charge is 2.48. The lowest BCUT2D eigenvalue weighted by Crippen LogP contribution is -2.47.